The maximum atomic E-state index is 4.10. The van der Waals surface area contributed by atoms with Crippen molar-refractivity contribution in [3.63, 3.8) is 0 Å². The topological polar surface area (TPSA) is 28.2 Å². The first kappa shape index (κ1) is 14.8. The van der Waals surface area contributed by atoms with Gasteiger partial charge >= 0.3 is 0 Å². The third-order valence-corrected chi connectivity index (χ3v) is 5.22. The summed E-state index contributed by atoms with van der Waals surface area (Å²) in [6.07, 6.45) is 15.1. The van der Waals surface area contributed by atoms with Gasteiger partial charge in [-0.05, 0) is 50.3 Å². The first-order chi connectivity index (χ1) is 10.4. The van der Waals surface area contributed by atoms with Gasteiger partial charge in [0.15, 0.2) is 0 Å². The molecule has 1 aromatic rings. The summed E-state index contributed by atoms with van der Waals surface area (Å²) in [5.41, 5.74) is 1.32. The molecule has 0 aromatic carbocycles. The number of hydrogen-bond acceptors (Lipinski definition) is 3. The van der Waals surface area contributed by atoms with Crippen LogP contribution >= 0.6 is 0 Å². The van der Waals surface area contributed by atoms with Crippen molar-refractivity contribution in [1.29, 1.82) is 0 Å². The van der Waals surface area contributed by atoms with E-state index in [1.54, 1.807) is 0 Å². The monoisotopic (exact) mass is 287 g/mol. The summed E-state index contributed by atoms with van der Waals surface area (Å²) >= 11 is 0. The lowest BCUT2D eigenvalue weighted by Gasteiger charge is -2.34. The Bertz CT molecular complexity index is 392. The second-order valence-corrected chi connectivity index (χ2v) is 6.71. The Morgan fingerprint density at radius 1 is 1.05 bits per heavy atom. The van der Waals surface area contributed by atoms with Crippen LogP contribution in [0.4, 0.5) is 5.69 Å². The summed E-state index contributed by atoms with van der Waals surface area (Å²) in [5, 5.41) is 3.78. The van der Waals surface area contributed by atoms with E-state index in [2.05, 4.69) is 27.3 Å². The summed E-state index contributed by atoms with van der Waals surface area (Å²) in [4.78, 5) is 6.58. The summed E-state index contributed by atoms with van der Waals surface area (Å²) < 4.78 is 0. The number of rotatable bonds is 6. The van der Waals surface area contributed by atoms with Crippen LogP contribution in [0, 0.1) is 5.92 Å². The zero-order chi connectivity index (χ0) is 14.3. The Kier molecular flexibility index (Phi) is 5.50. The lowest BCUT2D eigenvalue weighted by atomic mass is 10.0. The van der Waals surface area contributed by atoms with Gasteiger partial charge in [0.2, 0.25) is 0 Å². The minimum Gasteiger partial charge on any atom is -0.371 e. The van der Waals surface area contributed by atoms with Crippen LogP contribution in [0.3, 0.4) is 0 Å². The number of anilines is 1. The van der Waals surface area contributed by atoms with E-state index in [9.17, 15) is 0 Å². The van der Waals surface area contributed by atoms with Gasteiger partial charge in [0.05, 0.1) is 0 Å². The predicted molar refractivity (Wildman–Crippen MR) is 88.7 cm³/mol. The maximum absolute atomic E-state index is 4.10. The van der Waals surface area contributed by atoms with E-state index in [-0.39, 0.29) is 0 Å². The molecule has 1 aliphatic carbocycles. The Morgan fingerprint density at radius 2 is 1.76 bits per heavy atom. The number of nitrogens with one attached hydrogen (secondary N) is 1. The van der Waals surface area contributed by atoms with E-state index in [1.165, 1.54) is 76.7 Å². The quantitative estimate of drug-likeness (QED) is 0.810. The van der Waals surface area contributed by atoms with Gasteiger partial charge < -0.3 is 10.2 Å². The molecule has 0 radical (unpaired) electrons. The van der Waals surface area contributed by atoms with Crippen molar-refractivity contribution in [2.75, 3.05) is 24.5 Å². The molecule has 1 aliphatic heterocycles. The van der Waals surface area contributed by atoms with Gasteiger partial charge in [0.25, 0.3) is 0 Å². The molecule has 2 fully saturated rings. The Morgan fingerprint density at radius 3 is 2.48 bits per heavy atom. The van der Waals surface area contributed by atoms with Crippen LogP contribution in [0.15, 0.2) is 24.5 Å². The van der Waals surface area contributed by atoms with Crippen LogP contribution in [0.5, 0.6) is 0 Å². The normalized spacial score (nSPS) is 21.0. The van der Waals surface area contributed by atoms with Gasteiger partial charge in [-0.25, -0.2) is 0 Å². The second-order valence-electron chi connectivity index (χ2n) is 6.71. The molecule has 21 heavy (non-hydrogen) atoms. The SMILES string of the molecule is c1cc(N2CCC(NCCCC3CCCC3)CC2)ccn1. The van der Waals surface area contributed by atoms with Gasteiger partial charge in [-0.2, -0.15) is 0 Å². The molecule has 1 aromatic heterocycles. The largest absolute Gasteiger partial charge is 0.371 e. The fourth-order valence-electron chi connectivity index (χ4n) is 3.89. The molecule has 2 heterocycles. The third-order valence-electron chi connectivity index (χ3n) is 5.22. The van der Waals surface area contributed by atoms with Crippen LogP contribution in [0.2, 0.25) is 0 Å². The number of nitrogens with zero attached hydrogens (tertiary/aromatic N) is 2. The molecule has 0 unspecified atom stereocenters. The van der Waals surface area contributed by atoms with Crippen molar-refractivity contribution in [2.45, 2.75) is 57.4 Å². The smallest absolute Gasteiger partial charge is 0.0397 e. The minimum atomic E-state index is 0.728. The molecule has 116 valence electrons. The Hall–Kier alpha value is -1.09. The first-order valence-corrected chi connectivity index (χ1v) is 8.80. The van der Waals surface area contributed by atoms with Crippen LogP contribution in [-0.2, 0) is 0 Å². The molecule has 0 amide bonds. The number of piperidine rings is 1. The number of pyridine rings is 1. The molecule has 0 atom stereocenters. The van der Waals surface area contributed by atoms with Crippen LogP contribution in [-0.4, -0.2) is 30.7 Å². The third kappa shape index (κ3) is 4.44. The van der Waals surface area contributed by atoms with Gasteiger partial charge in [-0.1, -0.05) is 25.7 Å². The average Bonchev–Trinajstić information content (AvgIpc) is 3.06. The lowest BCUT2D eigenvalue weighted by molar-refractivity contribution is 0.395. The molecule has 3 heteroatoms. The van der Waals surface area contributed by atoms with Crippen molar-refractivity contribution in [3.05, 3.63) is 24.5 Å². The van der Waals surface area contributed by atoms with Gasteiger partial charge in [0.1, 0.15) is 0 Å². The molecule has 1 saturated carbocycles. The summed E-state index contributed by atoms with van der Waals surface area (Å²) in [7, 11) is 0. The fraction of sp³-hybridized carbons (Fsp3) is 0.722. The predicted octanol–water partition coefficient (Wildman–Crippen LogP) is 3.61. The Labute approximate surface area is 129 Å². The van der Waals surface area contributed by atoms with E-state index >= 15 is 0 Å². The van der Waals surface area contributed by atoms with Gasteiger partial charge in [-0.3, -0.25) is 4.98 Å². The highest BCUT2D eigenvalue weighted by Gasteiger charge is 2.19. The molecule has 1 N–H and O–H groups in total. The van der Waals surface area contributed by atoms with Crippen molar-refractivity contribution in [3.8, 4) is 0 Å². The second kappa shape index (κ2) is 7.79. The minimum absolute atomic E-state index is 0.728. The van der Waals surface area contributed by atoms with Crippen molar-refractivity contribution in [1.82, 2.24) is 10.3 Å². The highest BCUT2D eigenvalue weighted by molar-refractivity contribution is 5.44. The number of aromatic nitrogens is 1. The van der Waals surface area contributed by atoms with Crippen LogP contribution < -0.4 is 10.2 Å². The zero-order valence-electron chi connectivity index (χ0n) is 13.1. The lowest BCUT2D eigenvalue weighted by Crippen LogP contribution is -2.42. The summed E-state index contributed by atoms with van der Waals surface area (Å²) in [6.45, 7) is 3.56. The molecular formula is C18H29N3. The van der Waals surface area contributed by atoms with E-state index < -0.39 is 0 Å². The molecule has 3 rings (SSSR count). The highest BCUT2D eigenvalue weighted by atomic mass is 15.1. The fourth-order valence-corrected chi connectivity index (χ4v) is 3.89. The summed E-state index contributed by atoms with van der Waals surface area (Å²) in [5.74, 6) is 1.04. The van der Waals surface area contributed by atoms with E-state index in [1.807, 2.05) is 12.4 Å². The Balaban J connectivity index is 1.30. The molecule has 1 saturated heterocycles. The highest BCUT2D eigenvalue weighted by Crippen LogP contribution is 2.28. The molecule has 3 nitrogen and oxygen atoms in total. The van der Waals surface area contributed by atoms with Gasteiger partial charge in [-0.15, -0.1) is 0 Å². The molecule has 2 aliphatic rings. The first-order valence-electron chi connectivity index (χ1n) is 8.80. The number of hydrogen-bond donors (Lipinski definition) is 1. The molecule has 0 bridgehead atoms. The van der Waals surface area contributed by atoms with Crippen molar-refractivity contribution >= 4 is 5.69 Å². The van der Waals surface area contributed by atoms with E-state index in [0.29, 0.717) is 0 Å². The maximum Gasteiger partial charge on any atom is 0.0397 e. The van der Waals surface area contributed by atoms with E-state index in [4.69, 9.17) is 0 Å². The van der Waals surface area contributed by atoms with E-state index in [0.717, 1.165) is 12.0 Å². The zero-order valence-corrected chi connectivity index (χ0v) is 13.1. The van der Waals surface area contributed by atoms with Gasteiger partial charge in [0, 0.05) is 37.2 Å². The molecular weight excluding hydrogens is 258 g/mol. The average molecular weight is 287 g/mol. The summed E-state index contributed by atoms with van der Waals surface area (Å²) in [6, 6.07) is 4.97. The van der Waals surface area contributed by atoms with Crippen molar-refractivity contribution in [2.24, 2.45) is 5.92 Å². The van der Waals surface area contributed by atoms with Crippen LogP contribution in [0.25, 0.3) is 0 Å². The molecule has 0 spiro atoms. The van der Waals surface area contributed by atoms with Crippen LogP contribution in [0.1, 0.15) is 51.4 Å². The standard InChI is InChI=1S/C18H29N3/c1-2-5-16(4-1)6-3-11-20-17-9-14-21(15-10-17)18-7-12-19-13-8-18/h7-8,12-13,16-17,20H,1-6,9-11,14-15H2. The van der Waals surface area contributed by atoms with Crippen molar-refractivity contribution < 1.29 is 0 Å².